The zero-order chi connectivity index (χ0) is 13.7. The van der Waals surface area contributed by atoms with Crippen LogP contribution in [-0.2, 0) is 9.59 Å². The number of carbonyl (C=O) groups excluding carboxylic acids is 2. The predicted octanol–water partition coefficient (Wildman–Crippen LogP) is 1.80. The Balaban J connectivity index is 2.55. The lowest BCUT2D eigenvalue weighted by molar-refractivity contribution is -0.135. The van der Waals surface area contributed by atoms with Gasteiger partial charge in [-0.1, -0.05) is 27.7 Å². The monoisotopic (exact) mass is 254 g/mol. The van der Waals surface area contributed by atoms with Crippen molar-refractivity contribution in [2.24, 2.45) is 11.8 Å². The SMILES string of the molecule is CCCC(=O)N1CC(C)CC(NC(=O)C(C)C)C1. The molecule has 0 aromatic carbocycles. The highest BCUT2D eigenvalue weighted by atomic mass is 16.2. The minimum Gasteiger partial charge on any atom is -0.351 e. The Labute approximate surface area is 110 Å². The molecule has 0 aliphatic carbocycles. The van der Waals surface area contributed by atoms with E-state index in [1.807, 2.05) is 25.7 Å². The Hall–Kier alpha value is -1.06. The molecule has 0 saturated carbocycles. The molecule has 2 amide bonds. The number of rotatable bonds is 4. The number of amides is 2. The second kappa shape index (κ2) is 6.76. The van der Waals surface area contributed by atoms with Crippen LogP contribution in [0.4, 0.5) is 0 Å². The standard InChI is InChI=1S/C14H26N2O2/c1-5-6-13(17)16-8-11(4)7-12(9-16)15-14(18)10(2)3/h10-12H,5-9H2,1-4H3,(H,15,18). The van der Waals surface area contributed by atoms with Crippen LogP contribution in [0, 0.1) is 11.8 Å². The smallest absolute Gasteiger partial charge is 0.222 e. The van der Waals surface area contributed by atoms with Crippen LogP contribution < -0.4 is 5.32 Å². The van der Waals surface area contributed by atoms with Crippen LogP contribution >= 0.6 is 0 Å². The third-order valence-corrected chi connectivity index (χ3v) is 3.35. The molecule has 1 heterocycles. The van der Waals surface area contributed by atoms with Crippen LogP contribution in [0.15, 0.2) is 0 Å². The summed E-state index contributed by atoms with van der Waals surface area (Å²) in [6.45, 7) is 9.43. The molecule has 4 heteroatoms. The minimum atomic E-state index is 0.00188. The van der Waals surface area contributed by atoms with Gasteiger partial charge in [0, 0.05) is 31.5 Å². The first-order chi connectivity index (χ1) is 8.43. The molecular formula is C14H26N2O2. The van der Waals surface area contributed by atoms with Crippen LogP contribution in [0.2, 0.25) is 0 Å². The Morgan fingerprint density at radius 3 is 2.56 bits per heavy atom. The largest absolute Gasteiger partial charge is 0.351 e. The minimum absolute atomic E-state index is 0.00188. The van der Waals surface area contributed by atoms with E-state index in [2.05, 4.69) is 12.2 Å². The van der Waals surface area contributed by atoms with E-state index in [9.17, 15) is 9.59 Å². The molecule has 0 bridgehead atoms. The molecule has 0 aromatic rings. The van der Waals surface area contributed by atoms with E-state index in [-0.39, 0.29) is 23.8 Å². The zero-order valence-corrected chi connectivity index (χ0v) is 12.0. The number of piperidine rings is 1. The first kappa shape index (κ1) is 15.0. The lowest BCUT2D eigenvalue weighted by Gasteiger charge is -2.37. The van der Waals surface area contributed by atoms with E-state index < -0.39 is 0 Å². The van der Waals surface area contributed by atoms with Crippen LogP contribution in [0.25, 0.3) is 0 Å². The lowest BCUT2D eigenvalue weighted by atomic mass is 9.95. The second-order valence-electron chi connectivity index (χ2n) is 5.75. The van der Waals surface area contributed by atoms with E-state index in [4.69, 9.17) is 0 Å². The fraction of sp³-hybridized carbons (Fsp3) is 0.857. The second-order valence-corrected chi connectivity index (χ2v) is 5.75. The fourth-order valence-electron chi connectivity index (χ4n) is 2.40. The Morgan fingerprint density at radius 1 is 1.33 bits per heavy atom. The summed E-state index contributed by atoms with van der Waals surface area (Å²) in [5, 5.41) is 3.04. The molecule has 104 valence electrons. The van der Waals surface area contributed by atoms with Crippen LogP contribution in [-0.4, -0.2) is 35.8 Å². The highest BCUT2D eigenvalue weighted by molar-refractivity contribution is 5.79. The summed E-state index contributed by atoms with van der Waals surface area (Å²) in [6.07, 6.45) is 2.46. The van der Waals surface area contributed by atoms with Crippen molar-refractivity contribution in [3.63, 3.8) is 0 Å². The summed E-state index contributed by atoms with van der Waals surface area (Å²) in [6, 6.07) is 0.115. The van der Waals surface area contributed by atoms with Gasteiger partial charge in [-0.15, -0.1) is 0 Å². The van der Waals surface area contributed by atoms with Gasteiger partial charge in [-0.2, -0.15) is 0 Å². The molecule has 0 radical (unpaired) electrons. The molecule has 18 heavy (non-hydrogen) atoms. The molecule has 1 N–H and O–H groups in total. The summed E-state index contributed by atoms with van der Waals surface area (Å²) in [5.74, 6) is 0.754. The number of nitrogens with one attached hydrogen (secondary N) is 1. The highest BCUT2D eigenvalue weighted by Crippen LogP contribution is 2.18. The molecule has 1 fully saturated rings. The summed E-state index contributed by atoms with van der Waals surface area (Å²) < 4.78 is 0. The normalized spacial score (nSPS) is 24.2. The van der Waals surface area contributed by atoms with Gasteiger partial charge in [-0.25, -0.2) is 0 Å². The topological polar surface area (TPSA) is 49.4 Å². The van der Waals surface area contributed by atoms with Crippen molar-refractivity contribution in [1.82, 2.24) is 10.2 Å². The predicted molar refractivity (Wildman–Crippen MR) is 72.0 cm³/mol. The van der Waals surface area contributed by atoms with Gasteiger partial charge >= 0.3 is 0 Å². The van der Waals surface area contributed by atoms with Crippen LogP contribution in [0.5, 0.6) is 0 Å². The van der Waals surface area contributed by atoms with Gasteiger partial charge < -0.3 is 10.2 Å². The number of hydrogen-bond acceptors (Lipinski definition) is 2. The molecule has 4 nitrogen and oxygen atoms in total. The van der Waals surface area contributed by atoms with E-state index >= 15 is 0 Å². The Kier molecular flexibility index (Phi) is 5.63. The highest BCUT2D eigenvalue weighted by Gasteiger charge is 2.28. The quantitative estimate of drug-likeness (QED) is 0.831. The van der Waals surface area contributed by atoms with Crippen molar-refractivity contribution >= 4 is 11.8 Å². The van der Waals surface area contributed by atoms with Crippen molar-refractivity contribution in [3.05, 3.63) is 0 Å². The summed E-state index contributed by atoms with van der Waals surface area (Å²) in [7, 11) is 0. The number of nitrogens with zero attached hydrogens (tertiary/aromatic N) is 1. The fourth-order valence-corrected chi connectivity index (χ4v) is 2.40. The van der Waals surface area contributed by atoms with E-state index in [1.54, 1.807) is 0 Å². The van der Waals surface area contributed by atoms with Gasteiger partial charge in [0.05, 0.1) is 0 Å². The molecule has 2 atom stereocenters. The summed E-state index contributed by atoms with van der Waals surface area (Å²) in [5.41, 5.74) is 0. The number of hydrogen-bond donors (Lipinski definition) is 1. The third-order valence-electron chi connectivity index (χ3n) is 3.35. The molecule has 1 saturated heterocycles. The van der Waals surface area contributed by atoms with Crippen molar-refractivity contribution < 1.29 is 9.59 Å². The molecule has 0 spiro atoms. The van der Waals surface area contributed by atoms with Gasteiger partial charge in [-0.3, -0.25) is 9.59 Å². The average Bonchev–Trinajstić information content (AvgIpc) is 2.28. The summed E-state index contributed by atoms with van der Waals surface area (Å²) >= 11 is 0. The van der Waals surface area contributed by atoms with Gasteiger partial charge in [0.25, 0.3) is 0 Å². The third kappa shape index (κ3) is 4.31. The first-order valence-corrected chi connectivity index (χ1v) is 7.02. The van der Waals surface area contributed by atoms with Crippen LogP contribution in [0.1, 0.15) is 47.0 Å². The Morgan fingerprint density at radius 2 is 2.00 bits per heavy atom. The maximum atomic E-state index is 11.9. The van der Waals surface area contributed by atoms with Gasteiger partial charge in [0.15, 0.2) is 0 Å². The number of carbonyl (C=O) groups is 2. The van der Waals surface area contributed by atoms with Gasteiger partial charge in [0.1, 0.15) is 0 Å². The zero-order valence-electron chi connectivity index (χ0n) is 12.0. The lowest BCUT2D eigenvalue weighted by Crippen LogP contribution is -2.52. The van der Waals surface area contributed by atoms with Crippen LogP contribution in [0.3, 0.4) is 0 Å². The van der Waals surface area contributed by atoms with Crippen molar-refractivity contribution in [2.45, 2.75) is 53.0 Å². The van der Waals surface area contributed by atoms with E-state index in [0.717, 1.165) is 19.4 Å². The number of likely N-dealkylation sites (tertiary alicyclic amines) is 1. The average molecular weight is 254 g/mol. The molecule has 1 aliphatic heterocycles. The molecule has 1 rings (SSSR count). The summed E-state index contributed by atoms with van der Waals surface area (Å²) in [4.78, 5) is 25.5. The molecule has 1 aliphatic rings. The maximum Gasteiger partial charge on any atom is 0.222 e. The van der Waals surface area contributed by atoms with Gasteiger partial charge in [-0.05, 0) is 18.8 Å². The molecule has 2 unspecified atom stereocenters. The van der Waals surface area contributed by atoms with E-state index in [0.29, 0.717) is 18.9 Å². The van der Waals surface area contributed by atoms with Crippen molar-refractivity contribution in [3.8, 4) is 0 Å². The van der Waals surface area contributed by atoms with Gasteiger partial charge in [0.2, 0.25) is 11.8 Å². The van der Waals surface area contributed by atoms with E-state index in [1.165, 1.54) is 0 Å². The first-order valence-electron chi connectivity index (χ1n) is 7.02. The molecule has 0 aromatic heterocycles. The van der Waals surface area contributed by atoms with Crippen molar-refractivity contribution in [1.29, 1.82) is 0 Å². The van der Waals surface area contributed by atoms with Crippen molar-refractivity contribution in [2.75, 3.05) is 13.1 Å². The maximum absolute atomic E-state index is 11.9. The molecular weight excluding hydrogens is 228 g/mol. The Bertz CT molecular complexity index is 302.